The first-order valence-electron chi connectivity index (χ1n) is 9.27. The highest BCUT2D eigenvalue weighted by Crippen LogP contribution is 2.31. The van der Waals surface area contributed by atoms with E-state index in [1.807, 2.05) is 25.2 Å². The molecular formula is C19H22BrN5O2S. The van der Waals surface area contributed by atoms with Gasteiger partial charge >= 0.3 is 0 Å². The SMILES string of the molecule is Cn1ccnc1C(=O)N(CCCN1CCOCC1)c1nc2ccc(Br)cc2s1. The summed E-state index contributed by atoms with van der Waals surface area (Å²) in [6.45, 7) is 4.99. The van der Waals surface area contributed by atoms with Crippen LogP contribution in [0.3, 0.4) is 0 Å². The van der Waals surface area contributed by atoms with E-state index in [9.17, 15) is 4.79 Å². The number of fused-ring (bicyclic) bond motifs is 1. The summed E-state index contributed by atoms with van der Waals surface area (Å²) in [6, 6.07) is 5.97. The smallest absolute Gasteiger partial charge is 0.296 e. The van der Waals surface area contributed by atoms with Crippen molar-refractivity contribution in [2.75, 3.05) is 44.3 Å². The average molecular weight is 464 g/mol. The molecule has 0 unspecified atom stereocenters. The third kappa shape index (κ3) is 4.27. The standard InChI is InChI=1S/C19H22BrN5O2S/c1-23-8-5-21-17(23)18(26)25(7-2-6-24-9-11-27-12-10-24)19-22-15-4-3-14(20)13-16(15)28-19/h3-5,8,13H,2,6-7,9-12H2,1H3. The maximum absolute atomic E-state index is 13.2. The molecule has 1 fully saturated rings. The number of nitrogens with zero attached hydrogens (tertiary/aromatic N) is 5. The first-order chi connectivity index (χ1) is 13.6. The van der Waals surface area contributed by atoms with E-state index in [2.05, 4.69) is 25.8 Å². The molecule has 0 aliphatic carbocycles. The Bertz CT molecular complexity index is 966. The van der Waals surface area contributed by atoms with Gasteiger partial charge in [-0.2, -0.15) is 0 Å². The van der Waals surface area contributed by atoms with Gasteiger partial charge in [0.1, 0.15) is 0 Å². The van der Waals surface area contributed by atoms with Gasteiger partial charge in [0.05, 0.1) is 23.4 Å². The summed E-state index contributed by atoms with van der Waals surface area (Å²) in [7, 11) is 1.83. The molecule has 28 heavy (non-hydrogen) atoms. The van der Waals surface area contributed by atoms with Crippen LogP contribution in [0.15, 0.2) is 35.1 Å². The molecule has 1 aliphatic heterocycles. The summed E-state index contributed by atoms with van der Waals surface area (Å²) in [5.74, 6) is 0.305. The van der Waals surface area contributed by atoms with Gasteiger partial charge in [-0.15, -0.1) is 0 Å². The molecule has 0 bridgehead atoms. The van der Waals surface area contributed by atoms with E-state index in [1.54, 1.807) is 21.9 Å². The van der Waals surface area contributed by atoms with Crippen molar-refractivity contribution in [1.29, 1.82) is 0 Å². The van der Waals surface area contributed by atoms with Gasteiger partial charge in [-0.3, -0.25) is 14.6 Å². The second-order valence-corrected chi connectivity index (χ2v) is 8.66. The lowest BCUT2D eigenvalue weighted by Gasteiger charge is -2.27. The van der Waals surface area contributed by atoms with Crippen molar-refractivity contribution in [3.05, 3.63) is 40.9 Å². The zero-order valence-electron chi connectivity index (χ0n) is 15.7. The second-order valence-electron chi connectivity index (χ2n) is 6.73. The molecule has 0 radical (unpaired) electrons. The molecule has 148 valence electrons. The van der Waals surface area contributed by atoms with Gasteiger partial charge in [-0.05, 0) is 24.6 Å². The third-order valence-corrected chi connectivity index (χ3v) is 6.32. The second kappa shape index (κ2) is 8.69. The zero-order valence-corrected chi connectivity index (χ0v) is 18.1. The Hall–Kier alpha value is -1.81. The van der Waals surface area contributed by atoms with Crippen molar-refractivity contribution in [1.82, 2.24) is 19.4 Å². The summed E-state index contributed by atoms with van der Waals surface area (Å²) < 4.78 is 9.22. The van der Waals surface area contributed by atoms with Crippen LogP contribution in [0.4, 0.5) is 5.13 Å². The maximum atomic E-state index is 13.2. The van der Waals surface area contributed by atoms with Crippen LogP contribution in [0.5, 0.6) is 0 Å². The number of hydrogen-bond acceptors (Lipinski definition) is 6. The highest BCUT2D eigenvalue weighted by atomic mass is 79.9. The Morgan fingerprint density at radius 1 is 1.36 bits per heavy atom. The van der Waals surface area contributed by atoms with Crippen LogP contribution in [-0.2, 0) is 11.8 Å². The fourth-order valence-electron chi connectivity index (χ4n) is 3.26. The number of aromatic nitrogens is 3. The topological polar surface area (TPSA) is 63.5 Å². The third-order valence-electron chi connectivity index (χ3n) is 4.79. The summed E-state index contributed by atoms with van der Waals surface area (Å²) >= 11 is 5.03. The molecule has 0 atom stereocenters. The molecule has 2 aromatic heterocycles. The number of imidazole rings is 1. The Balaban J connectivity index is 1.56. The van der Waals surface area contributed by atoms with E-state index in [0.717, 1.165) is 54.0 Å². The minimum Gasteiger partial charge on any atom is -0.379 e. The summed E-state index contributed by atoms with van der Waals surface area (Å²) in [5.41, 5.74) is 0.897. The van der Waals surface area contributed by atoms with Crippen LogP contribution < -0.4 is 4.90 Å². The predicted molar refractivity (Wildman–Crippen MR) is 114 cm³/mol. The van der Waals surface area contributed by atoms with Crippen LogP contribution in [0.2, 0.25) is 0 Å². The van der Waals surface area contributed by atoms with Crippen molar-refractivity contribution in [2.45, 2.75) is 6.42 Å². The fraction of sp³-hybridized carbons (Fsp3) is 0.421. The first kappa shape index (κ1) is 19.5. The normalized spacial score (nSPS) is 15.2. The van der Waals surface area contributed by atoms with Gasteiger partial charge in [-0.25, -0.2) is 9.97 Å². The van der Waals surface area contributed by atoms with Crippen molar-refractivity contribution < 1.29 is 9.53 Å². The van der Waals surface area contributed by atoms with Gasteiger partial charge < -0.3 is 9.30 Å². The van der Waals surface area contributed by atoms with Crippen LogP contribution in [0, 0.1) is 0 Å². The molecule has 1 saturated heterocycles. The molecule has 0 spiro atoms. The average Bonchev–Trinajstić information content (AvgIpc) is 3.31. The van der Waals surface area contributed by atoms with Crippen LogP contribution in [-0.4, -0.2) is 64.7 Å². The van der Waals surface area contributed by atoms with Gasteiger partial charge in [0.2, 0.25) is 0 Å². The van der Waals surface area contributed by atoms with E-state index in [1.165, 1.54) is 11.3 Å². The molecule has 7 nitrogen and oxygen atoms in total. The monoisotopic (exact) mass is 463 g/mol. The van der Waals surface area contributed by atoms with E-state index in [4.69, 9.17) is 9.72 Å². The number of carbonyl (C=O) groups excluding carboxylic acids is 1. The van der Waals surface area contributed by atoms with E-state index in [0.29, 0.717) is 17.5 Å². The largest absolute Gasteiger partial charge is 0.379 e. The molecule has 4 rings (SSSR count). The van der Waals surface area contributed by atoms with E-state index < -0.39 is 0 Å². The van der Waals surface area contributed by atoms with Crippen LogP contribution in [0.1, 0.15) is 17.0 Å². The predicted octanol–water partition coefficient (Wildman–Crippen LogP) is 3.16. The number of rotatable bonds is 6. The number of hydrogen-bond donors (Lipinski definition) is 0. The lowest BCUT2D eigenvalue weighted by Crippen LogP contribution is -2.39. The molecule has 1 amide bonds. The van der Waals surface area contributed by atoms with E-state index in [-0.39, 0.29) is 5.91 Å². The summed E-state index contributed by atoms with van der Waals surface area (Å²) in [6.07, 6.45) is 4.30. The number of carbonyl (C=O) groups is 1. The quantitative estimate of drug-likeness (QED) is 0.561. The van der Waals surface area contributed by atoms with Crippen LogP contribution in [0.25, 0.3) is 10.2 Å². The fourth-order valence-corrected chi connectivity index (χ4v) is 4.80. The molecular weight excluding hydrogens is 442 g/mol. The van der Waals surface area contributed by atoms with Gasteiger partial charge in [0.25, 0.3) is 5.91 Å². The molecule has 3 heterocycles. The molecule has 1 aromatic carbocycles. The molecule has 3 aromatic rings. The number of halogens is 1. The first-order valence-corrected chi connectivity index (χ1v) is 10.9. The number of benzene rings is 1. The Kier molecular flexibility index (Phi) is 6.05. The minimum atomic E-state index is -0.118. The maximum Gasteiger partial charge on any atom is 0.296 e. The van der Waals surface area contributed by atoms with Gasteiger partial charge in [0, 0.05) is 50.1 Å². The number of thiazole rings is 1. The molecule has 0 saturated carbocycles. The number of anilines is 1. The lowest BCUT2D eigenvalue weighted by molar-refractivity contribution is 0.0376. The molecule has 9 heteroatoms. The van der Waals surface area contributed by atoms with Crippen molar-refractivity contribution in [3.63, 3.8) is 0 Å². The van der Waals surface area contributed by atoms with Gasteiger partial charge in [0.15, 0.2) is 11.0 Å². The Morgan fingerprint density at radius 3 is 2.93 bits per heavy atom. The van der Waals surface area contributed by atoms with Crippen molar-refractivity contribution in [3.8, 4) is 0 Å². The lowest BCUT2D eigenvalue weighted by atomic mass is 10.3. The Labute approximate surface area is 176 Å². The van der Waals surface area contributed by atoms with Gasteiger partial charge in [-0.1, -0.05) is 27.3 Å². The summed E-state index contributed by atoms with van der Waals surface area (Å²) in [5, 5.41) is 0.711. The van der Waals surface area contributed by atoms with Crippen molar-refractivity contribution in [2.24, 2.45) is 7.05 Å². The zero-order chi connectivity index (χ0) is 19.5. The highest BCUT2D eigenvalue weighted by molar-refractivity contribution is 9.10. The number of ether oxygens (including phenoxy) is 1. The molecule has 0 N–H and O–H groups in total. The summed E-state index contributed by atoms with van der Waals surface area (Å²) in [4.78, 5) is 26.3. The van der Waals surface area contributed by atoms with Crippen molar-refractivity contribution >= 4 is 48.5 Å². The highest BCUT2D eigenvalue weighted by Gasteiger charge is 2.24. The number of aryl methyl sites for hydroxylation is 1. The molecule has 1 aliphatic rings. The Morgan fingerprint density at radius 2 is 2.18 bits per heavy atom. The van der Waals surface area contributed by atoms with E-state index >= 15 is 0 Å². The van der Waals surface area contributed by atoms with Crippen LogP contribution >= 0.6 is 27.3 Å². The number of morpholine rings is 1. The number of amides is 1. The minimum absolute atomic E-state index is 0.118.